The first-order valence-corrected chi connectivity index (χ1v) is 7.41. The van der Waals surface area contributed by atoms with E-state index in [2.05, 4.69) is 42.0 Å². The number of phenolic OH excluding ortho intramolecular Hbond substituents is 1. The van der Waals surface area contributed by atoms with Crippen LogP contribution in [0.3, 0.4) is 0 Å². The molecule has 0 unspecified atom stereocenters. The van der Waals surface area contributed by atoms with Crippen LogP contribution in [-0.2, 0) is 13.0 Å². The summed E-state index contributed by atoms with van der Waals surface area (Å²) in [5.74, 6) is 0.678. The Bertz CT molecular complexity index is 818. The molecule has 23 heavy (non-hydrogen) atoms. The van der Waals surface area contributed by atoms with Crippen LogP contribution < -0.4 is 21.7 Å². The summed E-state index contributed by atoms with van der Waals surface area (Å²) in [7, 11) is 1.57. The van der Waals surface area contributed by atoms with Crippen LogP contribution in [0.2, 0.25) is 0 Å². The number of methoxy groups -OCH3 is 1. The number of nitrogens with zero attached hydrogens (tertiary/aromatic N) is 1. The summed E-state index contributed by atoms with van der Waals surface area (Å²) in [6.45, 7) is 3.07. The van der Waals surface area contributed by atoms with Crippen LogP contribution in [0.25, 0.3) is 10.8 Å². The van der Waals surface area contributed by atoms with Gasteiger partial charge < -0.3 is 22.3 Å². The smallest absolute Gasteiger partial charge is 0.176 e. The van der Waals surface area contributed by atoms with E-state index in [-0.39, 0.29) is 18.2 Å². The van der Waals surface area contributed by atoms with Crippen molar-refractivity contribution in [2.24, 2.45) is 0 Å². The minimum atomic E-state index is 0. The first-order chi connectivity index (χ1) is 10.7. The summed E-state index contributed by atoms with van der Waals surface area (Å²) in [4.78, 5) is 0. The third kappa shape index (κ3) is 3.74. The summed E-state index contributed by atoms with van der Waals surface area (Å²) in [5.41, 5.74) is 2.70. The average molecular weight is 330 g/mol. The van der Waals surface area contributed by atoms with Crippen molar-refractivity contribution >= 4 is 10.8 Å². The molecule has 0 amide bonds. The van der Waals surface area contributed by atoms with Crippen LogP contribution in [0, 0.1) is 6.92 Å². The zero-order chi connectivity index (χ0) is 15.5. The van der Waals surface area contributed by atoms with Crippen LogP contribution >= 0.6 is 0 Å². The first kappa shape index (κ1) is 17.1. The number of hydrogen-bond acceptors (Lipinski definition) is 2. The Labute approximate surface area is 142 Å². The highest BCUT2D eigenvalue weighted by atomic mass is 35.5. The van der Waals surface area contributed by atoms with E-state index in [1.807, 2.05) is 18.3 Å². The minimum Gasteiger partial charge on any atom is -1.00 e. The van der Waals surface area contributed by atoms with Gasteiger partial charge in [0.1, 0.15) is 0 Å². The highest BCUT2D eigenvalue weighted by molar-refractivity contribution is 5.84. The van der Waals surface area contributed by atoms with Gasteiger partial charge in [-0.1, -0.05) is 24.3 Å². The fourth-order valence-corrected chi connectivity index (χ4v) is 2.70. The zero-order valence-corrected chi connectivity index (χ0v) is 14.0. The Morgan fingerprint density at radius 3 is 2.61 bits per heavy atom. The lowest BCUT2D eigenvalue weighted by atomic mass is 10.1. The molecule has 0 saturated heterocycles. The quantitative estimate of drug-likeness (QED) is 0.703. The van der Waals surface area contributed by atoms with E-state index in [4.69, 9.17) is 4.74 Å². The van der Waals surface area contributed by atoms with Crippen molar-refractivity contribution in [3.05, 3.63) is 66.0 Å². The van der Waals surface area contributed by atoms with Crippen LogP contribution in [0.4, 0.5) is 0 Å². The maximum Gasteiger partial charge on any atom is 0.176 e. The van der Waals surface area contributed by atoms with Gasteiger partial charge in [0.05, 0.1) is 7.11 Å². The molecule has 0 bridgehead atoms. The molecule has 0 atom stereocenters. The lowest BCUT2D eigenvalue weighted by molar-refractivity contribution is -0.695. The van der Waals surface area contributed by atoms with Crippen molar-refractivity contribution < 1.29 is 26.8 Å². The molecule has 3 nitrogen and oxygen atoms in total. The Morgan fingerprint density at radius 1 is 1.09 bits per heavy atom. The number of hydrogen-bond donors (Lipinski definition) is 1. The number of aryl methyl sites for hydroxylation is 3. The van der Waals surface area contributed by atoms with Crippen molar-refractivity contribution in [2.75, 3.05) is 7.11 Å². The van der Waals surface area contributed by atoms with E-state index in [0.29, 0.717) is 5.75 Å². The molecule has 0 spiro atoms. The van der Waals surface area contributed by atoms with Gasteiger partial charge in [-0.05, 0) is 35.6 Å². The summed E-state index contributed by atoms with van der Waals surface area (Å²) in [6.07, 6.45) is 5.14. The van der Waals surface area contributed by atoms with Crippen molar-refractivity contribution in [1.29, 1.82) is 0 Å². The number of rotatable bonds is 4. The van der Waals surface area contributed by atoms with Crippen molar-refractivity contribution in [3.63, 3.8) is 0 Å². The van der Waals surface area contributed by atoms with Crippen molar-refractivity contribution in [1.82, 2.24) is 0 Å². The lowest BCUT2D eigenvalue weighted by Crippen LogP contribution is -3.00. The fourth-order valence-electron chi connectivity index (χ4n) is 2.70. The molecular formula is C19H20ClNO2. The van der Waals surface area contributed by atoms with E-state index in [0.717, 1.165) is 23.7 Å². The fraction of sp³-hybridized carbons (Fsp3) is 0.211. The van der Waals surface area contributed by atoms with E-state index >= 15 is 0 Å². The van der Waals surface area contributed by atoms with Gasteiger partial charge in [-0.15, -0.1) is 0 Å². The van der Waals surface area contributed by atoms with E-state index < -0.39 is 0 Å². The van der Waals surface area contributed by atoms with Gasteiger partial charge in [0.15, 0.2) is 30.4 Å². The summed E-state index contributed by atoms with van der Waals surface area (Å²) < 4.78 is 7.35. The van der Waals surface area contributed by atoms with Crippen molar-refractivity contribution in [3.8, 4) is 11.5 Å². The molecule has 0 fully saturated rings. The minimum absolute atomic E-state index is 0. The number of ether oxygens (including phenoxy) is 1. The third-order valence-electron chi connectivity index (χ3n) is 4.04. The van der Waals surface area contributed by atoms with E-state index in [1.165, 1.54) is 11.1 Å². The summed E-state index contributed by atoms with van der Waals surface area (Å²) >= 11 is 0. The first-order valence-electron chi connectivity index (χ1n) is 7.41. The number of pyridine rings is 1. The van der Waals surface area contributed by atoms with E-state index in [1.54, 1.807) is 13.2 Å². The molecular weight excluding hydrogens is 310 g/mol. The Balaban J connectivity index is 0.00000192. The van der Waals surface area contributed by atoms with Gasteiger partial charge in [0.2, 0.25) is 0 Å². The molecule has 0 radical (unpaired) electrons. The highest BCUT2D eigenvalue weighted by Crippen LogP contribution is 2.30. The predicted molar refractivity (Wildman–Crippen MR) is 87.2 cm³/mol. The molecule has 2 aromatic carbocycles. The van der Waals surface area contributed by atoms with Gasteiger partial charge >= 0.3 is 0 Å². The molecule has 1 aromatic heterocycles. The monoisotopic (exact) mass is 329 g/mol. The number of phenols is 1. The molecule has 0 aliphatic rings. The average Bonchev–Trinajstić information content (AvgIpc) is 2.53. The van der Waals surface area contributed by atoms with Gasteiger partial charge in [-0.3, -0.25) is 0 Å². The molecule has 120 valence electrons. The zero-order valence-electron chi connectivity index (χ0n) is 13.3. The second-order valence-corrected chi connectivity index (χ2v) is 5.51. The Morgan fingerprint density at radius 2 is 1.87 bits per heavy atom. The molecule has 1 N–H and O–H groups in total. The van der Waals surface area contributed by atoms with Gasteiger partial charge in [0, 0.05) is 17.9 Å². The van der Waals surface area contributed by atoms with Gasteiger partial charge in [-0.25, -0.2) is 4.57 Å². The number of aromatic nitrogens is 1. The number of fused-ring (bicyclic) bond motifs is 1. The molecule has 4 heteroatoms. The number of aromatic hydroxyl groups is 1. The number of benzene rings is 2. The largest absolute Gasteiger partial charge is 1.00 e. The highest BCUT2D eigenvalue weighted by Gasteiger charge is 2.09. The second-order valence-electron chi connectivity index (χ2n) is 5.51. The maximum atomic E-state index is 9.83. The Hall–Kier alpha value is -2.26. The predicted octanol–water partition coefficient (Wildman–Crippen LogP) is 0.397. The third-order valence-corrected chi connectivity index (χ3v) is 4.04. The molecule has 0 aliphatic carbocycles. The van der Waals surface area contributed by atoms with Gasteiger partial charge in [-0.2, -0.15) is 0 Å². The molecule has 0 aliphatic heterocycles. The SMILES string of the molecule is COc1cc2c[n+](CCc3ccccc3C)ccc2cc1O.[Cl-]. The molecule has 1 heterocycles. The Kier molecular flexibility index (Phi) is 5.45. The molecule has 3 aromatic rings. The lowest BCUT2D eigenvalue weighted by Gasteiger charge is -2.06. The van der Waals surface area contributed by atoms with Crippen LogP contribution in [0.1, 0.15) is 11.1 Å². The van der Waals surface area contributed by atoms with Gasteiger partial charge in [0.25, 0.3) is 0 Å². The standard InChI is InChI=1S/C19H19NO2.ClH/c1-14-5-3-4-6-15(14)7-9-20-10-8-16-11-18(21)19(22-2)12-17(16)13-20;/h3-6,8,10-13H,7,9H2,1-2H3;1H. The molecule has 3 rings (SSSR count). The maximum absolute atomic E-state index is 9.83. The topological polar surface area (TPSA) is 33.3 Å². The number of halogens is 1. The van der Waals surface area contributed by atoms with Crippen LogP contribution in [0.15, 0.2) is 54.9 Å². The van der Waals surface area contributed by atoms with Crippen LogP contribution in [-0.4, -0.2) is 12.2 Å². The van der Waals surface area contributed by atoms with E-state index in [9.17, 15) is 5.11 Å². The van der Waals surface area contributed by atoms with Crippen LogP contribution in [0.5, 0.6) is 11.5 Å². The normalized spacial score (nSPS) is 10.3. The van der Waals surface area contributed by atoms with Crippen molar-refractivity contribution in [2.45, 2.75) is 19.9 Å². The summed E-state index contributed by atoms with van der Waals surface area (Å²) in [5, 5.41) is 11.9. The molecule has 0 saturated carbocycles. The second kappa shape index (κ2) is 7.34. The summed E-state index contributed by atoms with van der Waals surface area (Å²) in [6, 6.07) is 14.1.